The van der Waals surface area contributed by atoms with Crippen LogP contribution in [0.1, 0.15) is 41.4 Å². The highest BCUT2D eigenvalue weighted by molar-refractivity contribution is 7.10. The Morgan fingerprint density at radius 3 is 2.64 bits per heavy atom. The molecule has 0 bridgehead atoms. The van der Waals surface area contributed by atoms with Crippen molar-refractivity contribution < 1.29 is 0 Å². The van der Waals surface area contributed by atoms with Crippen LogP contribution in [0, 0.1) is 6.92 Å². The van der Waals surface area contributed by atoms with Gasteiger partial charge in [0.05, 0.1) is 6.04 Å². The van der Waals surface area contributed by atoms with Crippen molar-refractivity contribution in [2.24, 2.45) is 0 Å². The van der Waals surface area contributed by atoms with Crippen LogP contribution in [0.15, 0.2) is 41.8 Å². The summed E-state index contributed by atoms with van der Waals surface area (Å²) in [6.07, 6.45) is 4.02. The van der Waals surface area contributed by atoms with E-state index in [-0.39, 0.29) is 0 Å². The highest BCUT2D eigenvalue weighted by atomic mass is 32.1. The molecule has 1 fully saturated rings. The van der Waals surface area contributed by atoms with E-state index in [1.54, 1.807) is 0 Å². The van der Waals surface area contributed by atoms with Crippen LogP contribution < -0.4 is 0 Å². The molecule has 1 atom stereocenters. The van der Waals surface area contributed by atoms with E-state index in [0.29, 0.717) is 6.04 Å². The van der Waals surface area contributed by atoms with Crippen LogP contribution in [-0.4, -0.2) is 23.0 Å². The number of fused-ring (bicyclic) bond motifs is 1. The number of nitrogens with zero attached hydrogens (tertiary/aromatic N) is 1. The minimum Gasteiger partial charge on any atom is -0.358 e. The molecule has 114 valence electrons. The second-order valence-electron chi connectivity index (χ2n) is 6.22. The summed E-state index contributed by atoms with van der Waals surface area (Å²) in [7, 11) is 0. The fourth-order valence-electron chi connectivity index (χ4n) is 3.78. The highest BCUT2D eigenvalue weighted by Gasteiger charge is 2.28. The summed E-state index contributed by atoms with van der Waals surface area (Å²) in [5.74, 6) is 0. The van der Waals surface area contributed by atoms with Crippen molar-refractivity contribution in [1.82, 2.24) is 9.88 Å². The maximum absolute atomic E-state index is 3.59. The third-order valence-corrected chi connectivity index (χ3v) is 5.71. The lowest BCUT2D eigenvalue weighted by molar-refractivity contribution is 0.190. The third kappa shape index (κ3) is 2.38. The summed E-state index contributed by atoms with van der Waals surface area (Å²) in [5, 5.41) is 3.58. The molecular weight excluding hydrogens is 288 g/mol. The van der Waals surface area contributed by atoms with Crippen LogP contribution in [0.25, 0.3) is 10.9 Å². The predicted octanol–water partition coefficient (Wildman–Crippen LogP) is 5.11. The van der Waals surface area contributed by atoms with Crippen molar-refractivity contribution in [2.45, 2.75) is 32.2 Å². The van der Waals surface area contributed by atoms with Gasteiger partial charge in [-0.05, 0) is 50.4 Å². The van der Waals surface area contributed by atoms with Crippen molar-refractivity contribution in [3.8, 4) is 0 Å². The Morgan fingerprint density at radius 1 is 1.05 bits per heavy atom. The standard InChI is InChI=1S/C19H22N2S/c1-14-18(15-8-3-4-9-16(15)20-14)19(17-10-7-13-22-17)21-11-5-2-6-12-21/h3-4,7-10,13,19-20H,2,5-6,11-12H2,1H3/t19-/m1/s1. The van der Waals surface area contributed by atoms with Gasteiger partial charge < -0.3 is 4.98 Å². The van der Waals surface area contributed by atoms with Crippen molar-refractivity contribution in [1.29, 1.82) is 0 Å². The number of piperidine rings is 1. The molecule has 1 N–H and O–H groups in total. The largest absolute Gasteiger partial charge is 0.358 e. The van der Waals surface area contributed by atoms with Gasteiger partial charge in [0, 0.05) is 27.0 Å². The number of aromatic amines is 1. The SMILES string of the molecule is Cc1[nH]c2ccccc2c1[C@@H](c1cccs1)N1CCCCC1. The maximum Gasteiger partial charge on any atom is 0.0719 e. The topological polar surface area (TPSA) is 19.0 Å². The molecule has 3 aromatic rings. The van der Waals surface area contributed by atoms with Gasteiger partial charge in [0.25, 0.3) is 0 Å². The van der Waals surface area contributed by atoms with Gasteiger partial charge in [0.15, 0.2) is 0 Å². The molecule has 0 radical (unpaired) electrons. The fourth-order valence-corrected chi connectivity index (χ4v) is 4.65. The van der Waals surface area contributed by atoms with E-state index in [9.17, 15) is 0 Å². The molecule has 3 heteroatoms. The Kier molecular flexibility index (Phi) is 3.77. The van der Waals surface area contributed by atoms with E-state index in [4.69, 9.17) is 0 Å². The molecule has 3 heterocycles. The van der Waals surface area contributed by atoms with E-state index in [2.05, 4.69) is 58.6 Å². The number of aryl methyl sites for hydroxylation is 1. The summed E-state index contributed by atoms with van der Waals surface area (Å²) in [6, 6.07) is 13.6. The van der Waals surface area contributed by atoms with E-state index in [1.807, 2.05) is 11.3 Å². The molecule has 2 aromatic heterocycles. The molecule has 1 aliphatic heterocycles. The first kappa shape index (κ1) is 14.0. The van der Waals surface area contributed by atoms with Gasteiger partial charge >= 0.3 is 0 Å². The third-order valence-electron chi connectivity index (χ3n) is 4.79. The number of hydrogen-bond acceptors (Lipinski definition) is 2. The van der Waals surface area contributed by atoms with Crippen molar-refractivity contribution in [3.05, 3.63) is 57.9 Å². The summed E-state index contributed by atoms with van der Waals surface area (Å²) >= 11 is 1.88. The van der Waals surface area contributed by atoms with Crippen LogP contribution in [-0.2, 0) is 0 Å². The molecular formula is C19H22N2S. The zero-order chi connectivity index (χ0) is 14.9. The fraction of sp³-hybridized carbons (Fsp3) is 0.368. The number of thiophene rings is 1. The van der Waals surface area contributed by atoms with Crippen LogP contribution in [0.4, 0.5) is 0 Å². The minimum absolute atomic E-state index is 0.399. The van der Waals surface area contributed by atoms with Gasteiger partial charge in [-0.25, -0.2) is 0 Å². The van der Waals surface area contributed by atoms with Crippen LogP contribution in [0.2, 0.25) is 0 Å². The summed E-state index contributed by atoms with van der Waals surface area (Å²) in [5.41, 5.74) is 4.04. The first-order valence-electron chi connectivity index (χ1n) is 8.19. The number of H-pyrrole nitrogens is 1. The lowest BCUT2D eigenvalue weighted by atomic mass is 9.97. The average molecular weight is 310 g/mol. The smallest absolute Gasteiger partial charge is 0.0719 e. The van der Waals surface area contributed by atoms with Crippen molar-refractivity contribution >= 4 is 22.2 Å². The van der Waals surface area contributed by atoms with Crippen molar-refractivity contribution in [2.75, 3.05) is 13.1 Å². The van der Waals surface area contributed by atoms with E-state index in [1.165, 1.54) is 59.4 Å². The molecule has 0 aliphatic carbocycles. The molecule has 1 saturated heterocycles. The normalized spacial score (nSPS) is 17.9. The number of para-hydroxylation sites is 1. The monoisotopic (exact) mass is 310 g/mol. The van der Waals surface area contributed by atoms with E-state index < -0.39 is 0 Å². The number of hydrogen-bond donors (Lipinski definition) is 1. The molecule has 0 amide bonds. The van der Waals surface area contributed by atoms with Gasteiger partial charge in [0.2, 0.25) is 0 Å². The molecule has 4 rings (SSSR count). The number of nitrogens with one attached hydrogen (secondary N) is 1. The zero-order valence-corrected chi connectivity index (χ0v) is 13.8. The summed E-state index contributed by atoms with van der Waals surface area (Å²) in [6.45, 7) is 4.64. The second kappa shape index (κ2) is 5.90. The Hall–Kier alpha value is -1.58. The minimum atomic E-state index is 0.399. The number of likely N-dealkylation sites (tertiary alicyclic amines) is 1. The first-order chi connectivity index (χ1) is 10.8. The van der Waals surface area contributed by atoms with Crippen molar-refractivity contribution in [3.63, 3.8) is 0 Å². The Labute approximate surface area is 135 Å². The maximum atomic E-state index is 3.59. The molecule has 22 heavy (non-hydrogen) atoms. The molecule has 2 nitrogen and oxygen atoms in total. The summed E-state index contributed by atoms with van der Waals surface area (Å²) in [4.78, 5) is 7.73. The number of aromatic nitrogens is 1. The Morgan fingerprint density at radius 2 is 1.86 bits per heavy atom. The Balaban J connectivity index is 1.87. The molecule has 0 spiro atoms. The van der Waals surface area contributed by atoms with Gasteiger partial charge in [-0.15, -0.1) is 11.3 Å². The molecule has 1 aromatic carbocycles. The Bertz CT molecular complexity index is 751. The number of benzene rings is 1. The highest BCUT2D eigenvalue weighted by Crippen LogP contribution is 2.39. The molecule has 0 unspecified atom stereocenters. The van der Waals surface area contributed by atoms with Crippen LogP contribution >= 0.6 is 11.3 Å². The van der Waals surface area contributed by atoms with E-state index in [0.717, 1.165) is 0 Å². The van der Waals surface area contributed by atoms with Gasteiger partial charge in [-0.2, -0.15) is 0 Å². The summed E-state index contributed by atoms with van der Waals surface area (Å²) < 4.78 is 0. The average Bonchev–Trinajstić information content (AvgIpc) is 3.18. The van der Waals surface area contributed by atoms with Crippen LogP contribution in [0.3, 0.4) is 0 Å². The van der Waals surface area contributed by atoms with Gasteiger partial charge in [0.1, 0.15) is 0 Å². The second-order valence-corrected chi connectivity index (χ2v) is 7.20. The van der Waals surface area contributed by atoms with E-state index >= 15 is 0 Å². The quantitative estimate of drug-likeness (QED) is 0.712. The van der Waals surface area contributed by atoms with Gasteiger partial charge in [-0.1, -0.05) is 30.7 Å². The van der Waals surface area contributed by atoms with Gasteiger partial charge in [-0.3, -0.25) is 4.90 Å². The predicted molar refractivity (Wildman–Crippen MR) is 94.6 cm³/mol. The lowest BCUT2D eigenvalue weighted by Crippen LogP contribution is -2.34. The number of rotatable bonds is 3. The lowest BCUT2D eigenvalue weighted by Gasteiger charge is -2.34. The zero-order valence-electron chi connectivity index (χ0n) is 13.0. The van der Waals surface area contributed by atoms with Crippen LogP contribution in [0.5, 0.6) is 0 Å². The molecule has 1 aliphatic rings. The first-order valence-corrected chi connectivity index (χ1v) is 9.07. The molecule has 0 saturated carbocycles.